The second kappa shape index (κ2) is 6.59. The van der Waals surface area contributed by atoms with E-state index in [4.69, 9.17) is 0 Å². The Morgan fingerprint density at radius 2 is 1.70 bits per heavy atom. The number of nitrogens with zero attached hydrogens (tertiary/aromatic N) is 4. The third kappa shape index (κ3) is 3.83. The lowest BCUT2D eigenvalue weighted by atomic mass is 10.2. The molecule has 0 amide bonds. The number of aryl methyl sites for hydroxylation is 1. The molecule has 0 saturated heterocycles. The van der Waals surface area contributed by atoms with Gasteiger partial charge in [-0.1, -0.05) is 46.3 Å². The van der Waals surface area contributed by atoms with Gasteiger partial charge in [0.1, 0.15) is 0 Å². The molecular formula is C15H13BrN4O2S. The molecule has 0 aliphatic rings. The molecule has 8 heteroatoms. The molecule has 0 spiro atoms. The van der Waals surface area contributed by atoms with Gasteiger partial charge in [-0.25, -0.2) is 8.42 Å². The van der Waals surface area contributed by atoms with Crippen molar-refractivity contribution in [2.75, 3.05) is 5.75 Å². The van der Waals surface area contributed by atoms with Gasteiger partial charge in [-0.15, -0.1) is 10.2 Å². The summed E-state index contributed by atoms with van der Waals surface area (Å²) in [5.41, 5.74) is 0.842. The van der Waals surface area contributed by atoms with Gasteiger partial charge < -0.3 is 0 Å². The quantitative estimate of drug-likeness (QED) is 0.666. The summed E-state index contributed by atoms with van der Waals surface area (Å²) in [7, 11) is -3.38. The average molecular weight is 393 g/mol. The Morgan fingerprint density at radius 1 is 1.00 bits per heavy atom. The molecule has 3 rings (SSSR count). The maximum atomic E-state index is 12.3. The Kier molecular flexibility index (Phi) is 4.53. The minimum absolute atomic E-state index is 0.0841. The number of aromatic nitrogens is 4. The molecule has 23 heavy (non-hydrogen) atoms. The Morgan fingerprint density at radius 3 is 2.39 bits per heavy atom. The van der Waals surface area contributed by atoms with Crippen molar-refractivity contribution >= 4 is 25.8 Å². The van der Waals surface area contributed by atoms with Gasteiger partial charge in [-0.05, 0) is 29.5 Å². The van der Waals surface area contributed by atoms with Crippen LogP contribution in [-0.4, -0.2) is 34.4 Å². The van der Waals surface area contributed by atoms with Crippen LogP contribution in [-0.2, 0) is 16.4 Å². The molecule has 0 aliphatic heterocycles. The molecule has 1 heterocycles. The van der Waals surface area contributed by atoms with E-state index in [9.17, 15) is 8.42 Å². The summed E-state index contributed by atoms with van der Waals surface area (Å²) in [4.78, 5) is 1.59. The zero-order valence-electron chi connectivity index (χ0n) is 12.0. The fourth-order valence-corrected chi connectivity index (χ4v) is 3.46. The molecule has 118 valence electrons. The van der Waals surface area contributed by atoms with Crippen LogP contribution in [0.25, 0.3) is 11.4 Å². The molecule has 2 aromatic carbocycles. The molecule has 3 aromatic rings. The SMILES string of the molecule is O=S(=O)(CCn1nnc(-c2ccccc2)n1)c1ccc(Br)cc1. The van der Waals surface area contributed by atoms with Crippen LogP contribution in [0.1, 0.15) is 0 Å². The highest BCUT2D eigenvalue weighted by Gasteiger charge is 2.15. The van der Waals surface area contributed by atoms with E-state index in [2.05, 4.69) is 31.3 Å². The van der Waals surface area contributed by atoms with Crippen LogP contribution in [0.4, 0.5) is 0 Å². The van der Waals surface area contributed by atoms with Crippen molar-refractivity contribution < 1.29 is 8.42 Å². The van der Waals surface area contributed by atoms with Gasteiger partial charge in [-0.2, -0.15) is 4.80 Å². The molecule has 1 aromatic heterocycles. The summed E-state index contributed by atoms with van der Waals surface area (Å²) < 4.78 is 25.4. The number of hydrogen-bond donors (Lipinski definition) is 0. The number of benzene rings is 2. The second-order valence-electron chi connectivity index (χ2n) is 4.85. The lowest BCUT2D eigenvalue weighted by Crippen LogP contribution is -2.15. The lowest BCUT2D eigenvalue weighted by Gasteiger charge is -2.03. The molecule has 0 saturated carbocycles. The van der Waals surface area contributed by atoms with Crippen LogP contribution in [0.15, 0.2) is 64.0 Å². The first-order valence-corrected chi connectivity index (χ1v) is 9.31. The van der Waals surface area contributed by atoms with Gasteiger partial charge in [0.25, 0.3) is 0 Å². The van der Waals surface area contributed by atoms with Crippen LogP contribution in [0, 0.1) is 0 Å². The van der Waals surface area contributed by atoms with Crippen molar-refractivity contribution in [2.24, 2.45) is 0 Å². The maximum absolute atomic E-state index is 12.3. The Hall–Kier alpha value is -2.06. The average Bonchev–Trinajstić information content (AvgIpc) is 3.03. The third-order valence-electron chi connectivity index (χ3n) is 3.22. The van der Waals surface area contributed by atoms with Gasteiger partial charge in [0, 0.05) is 10.0 Å². The van der Waals surface area contributed by atoms with E-state index < -0.39 is 9.84 Å². The van der Waals surface area contributed by atoms with Crippen molar-refractivity contribution in [1.29, 1.82) is 0 Å². The summed E-state index contributed by atoms with van der Waals surface area (Å²) in [5.74, 6) is 0.394. The first-order chi connectivity index (χ1) is 11.0. The normalized spacial score (nSPS) is 11.5. The molecule has 0 aliphatic carbocycles. The number of rotatable bonds is 5. The fourth-order valence-electron chi connectivity index (χ4n) is 2.00. The summed E-state index contributed by atoms with van der Waals surface area (Å²) in [6.07, 6.45) is 0. The minimum atomic E-state index is -3.38. The van der Waals surface area contributed by atoms with E-state index in [-0.39, 0.29) is 17.2 Å². The molecular weight excluding hydrogens is 380 g/mol. The highest BCUT2D eigenvalue weighted by atomic mass is 79.9. The zero-order chi connectivity index (χ0) is 16.3. The van der Waals surface area contributed by atoms with Crippen LogP contribution >= 0.6 is 15.9 Å². The van der Waals surface area contributed by atoms with Gasteiger partial charge in [-0.3, -0.25) is 0 Å². The topological polar surface area (TPSA) is 77.7 Å². The highest BCUT2D eigenvalue weighted by Crippen LogP contribution is 2.16. The minimum Gasteiger partial charge on any atom is -0.224 e. The zero-order valence-corrected chi connectivity index (χ0v) is 14.4. The predicted molar refractivity (Wildman–Crippen MR) is 89.4 cm³/mol. The maximum Gasteiger partial charge on any atom is 0.204 e. The summed E-state index contributed by atoms with van der Waals surface area (Å²) >= 11 is 3.29. The highest BCUT2D eigenvalue weighted by molar-refractivity contribution is 9.10. The van der Waals surface area contributed by atoms with Crippen molar-refractivity contribution in [3.05, 3.63) is 59.1 Å². The summed E-state index contributed by atoms with van der Waals surface area (Å²) in [5, 5.41) is 12.1. The van der Waals surface area contributed by atoms with E-state index in [0.717, 1.165) is 10.0 Å². The lowest BCUT2D eigenvalue weighted by molar-refractivity contribution is 0.538. The smallest absolute Gasteiger partial charge is 0.204 e. The van der Waals surface area contributed by atoms with Crippen LogP contribution in [0.2, 0.25) is 0 Å². The van der Waals surface area contributed by atoms with E-state index in [1.54, 1.807) is 24.3 Å². The van der Waals surface area contributed by atoms with Gasteiger partial charge in [0.2, 0.25) is 5.82 Å². The number of sulfone groups is 1. The summed E-state index contributed by atoms with van der Waals surface area (Å²) in [6, 6.07) is 16.0. The van der Waals surface area contributed by atoms with Crippen molar-refractivity contribution in [2.45, 2.75) is 11.4 Å². The van der Waals surface area contributed by atoms with Gasteiger partial charge >= 0.3 is 0 Å². The molecule has 0 fully saturated rings. The molecule has 0 atom stereocenters. The monoisotopic (exact) mass is 392 g/mol. The first-order valence-electron chi connectivity index (χ1n) is 6.86. The first kappa shape index (κ1) is 15.8. The predicted octanol–water partition coefficient (Wildman–Crippen LogP) is 2.58. The number of halogens is 1. The van der Waals surface area contributed by atoms with Crippen molar-refractivity contribution in [1.82, 2.24) is 20.2 Å². The third-order valence-corrected chi connectivity index (χ3v) is 5.46. The van der Waals surface area contributed by atoms with E-state index in [0.29, 0.717) is 5.82 Å². The molecule has 0 radical (unpaired) electrons. The largest absolute Gasteiger partial charge is 0.224 e. The van der Waals surface area contributed by atoms with E-state index >= 15 is 0 Å². The van der Waals surface area contributed by atoms with Gasteiger partial charge in [0.15, 0.2) is 9.84 Å². The molecule has 0 unspecified atom stereocenters. The van der Waals surface area contributed by atoms with Crippen LogP contribution in [0.5, 0.6) is 0 Å². The van der Waals surface area contributed by atoms with E-state index in [1.807, 2.05) is 30.3 Å². The molecule has 0 bridgehead atoms. The Bertz CT molecular complexity index is 893. The Balaban J connectivity index is 1.71. The second-order valence-corrected chi connectivity index (χ2v) is 7.87. The summed E-state index contributed by atoms with van der Waals surface area (Å²) in [6.45, 7) is 0.151. The van der Waals surface area contributed by atoms with Crippen LogP contribution in [0.3, 0.4) is 0 Å². The van der Waals surface area contributed by atoms with Crippen molar-refractivity contribution in [3.63, 3.8) is 0 Å². The van der Waals surface area contributed by atoms with Gasteiger partial charge in [0.05, 0.1) is 17.2 Å². The Labute approximate surface area is 142 Å². The molecule has 0 N–H and O–H groups in total. The molecule has 6 nitrogen and oxygen atoms in total. The van der Waals surface area contributed by atoms with Crippen LogP contribution < -0.4 is 0 Å². The standard InChI is InChI=1S/C15H13BrN4O2S/c16-13-6-8-14(9-7-13)23(21,22)11-10-20-18-15(17-19-20)12-4-2-1-3-5-12/h1-9H,10-11H2. The number of hydrogen-bond acceptors (Lipinski definition) is 5. The van der Waals surface area contributed by atoms with Crippen molar-refractivity contribution in [3.8, 4) is 11.4 Å². The fraction of sp³-hybridized carbons (Fsp3) is 0.133. The number of tetrazole rings is 1. The van der Waals surface area contributed by atoms with E-state index in [1.165, 1.54) is 4.80 Å².